The number of anilines is 1. The molecule has 0 atom stereocenters. The Hall–Kier alpha value is -1.25. The van der Waals surface area contributed by atoms with Crippen molar-refractivity contribution < 1.29 is 4.74 Å². The van der Waals surface area contributed by atoms with Crippen molar-refractivity contribution in [2.24, 2.45) is 0 Å². The van der Waals surface area contributed by atoms with Crippen LogP contribution in [0, 0.1) is 0 Å². The molecule has 0 bridgehead atoms. The largest absolute Gasteiger partial charge is 0.474 e. The summed E-state index contributed by atoms with van der Waals surface area (Å²) in [5, 5.41) is 3.00. The first-order valence-corrected chi connectivity index (χ1v) is 5.20. The molecule has 3 nitrogen and oxygen atoms in total. The van der Waals surface area contributed by atoms with Gasteiger partial charge in [-0.2, -0.15) is 4.98 Å². The minimum Gasteiger partial charge on any atom is -0.474 e. The summed E-state index contributed by atoms with van der Waals surface area (Å²) in [4.78, 5) is 4.32. The standard InChI is InChI=1S/C11H16N2O/c1-12-10-7-4-8-11(13-10)14-9-5-2-3-6-9/h4,7-9H,2-3,5-6H2,1H3,(H,12,13). The van der Waals surface area contributed by atoms with E-state index < -0.39 is 0 Å². The highest BCUT2D eigenvalue weighted by molar-refractivity contribution is 5.36. The van der Waals surface area contributed by atoms with Crippen molar-refractivity contribution in [2.45, 2.75) is 31.8 Å². The fourth-order valence-corrected chi connectivity index (χ4v) is 1.80. The molecule has 76 valence electrons. The monoisotopic (exact) mass is 192 g/mol. The smallest absolute Gasteiger partial charge is 0.215 e. The summed E-state index contributed by atoms with van der Waals surface area (Å²) in [6.45, 7) is 0. The summed E-state index contributed by atoms with van der Waals surface area (Å²) in [7, 11) is 1.86. The van der Waals surface area contributed by atoms with Gasteiger partial charge in [0.05, 0.1) is 0 Å². The quantitative estimate of drug-likeness (QED) is 0.798. The summed E-state index contributed by atoms with van der Waals surface area (Å²) in [6.07, 6.45) is 5.30. The summed E-state index contributed by atoms with van der Waals surface area (Å²) >= 11 is 0. The van der Waals surface area contributed by atoms with Gasteiger partial charge in [-0.15, -0.1) is 0 Å². The highest BCUT2D eigenvalue weighted by Crippen LogP contribution is 2.23. The van der Waals surface area contributed by atoms with Crippen LogP contribution in [0.2, 0.25) is 0 Å². The van der Waals surface area contributed by atoms with E-state index in [9.17, 15) is 0 Å². The van der Waals surface area contributed by atoms with E-state index in [1.54, 1.807) is 0 Å². The molecule has 0 unspecified atom stereocenters. The van der Waals surface area contributed by atoms with Gasteiger partial charge in [0.2, 0.25) is 5.88 Å². The average Bonchev–Trinajstić information content (AvgIpc) is 2.71. The topological polar surface area (TPSA) is 34.1 Å². The maximum Gasteiger partial charge on any atom is 0.215 e. The third-order valence-electron chi connectivity index (χ3n) is 2.57. The van der Waals surface area contributed by atoms with Crippen LogP contribution < -0.4 is 10.1 Å². The summed E-state index contributed by atoms with van der Waals surface area (Å²) in [6, 6.07) is 5.81. The third-order valence-corrected chi connectivity index (χ3v) is 2.57. The summed E-state index contributed by atoms with van der Waals surface area (Å²) in [5.74, 6) is 1.60. The van der Waals surface area contributed by atoms with Crippen molar-refractivity contribution in [2.75, 3.05) is 12.4 Å². The van der Waals surface area contributed by atoms with Crippen molar-refractivity contribution in [3.8, 4) is 5.88 Å². The van der Waals surface area contributed by atoms with Crippen LogP contribution in [0.3, 0.4) is 0 Å². The zero-order valence-electron chi connectivity index (χ0n) is 8.49. The fourth-order valence-electron chi connectivity index (χ4n) is 1.80. The molecule has 2 rings (SSSR count). The first-order chi connectivity index (χ1) is 6.88. The molecule has 0 aliphatic heterocycles. The second kappa shape index (κ2) is 4.31. The van der Waals surface area contributed by atoms with Crippen LogP contribution in [0.15, 0.2) is 18.2 Å². The predicted molar refractivity (Wildman–Crippen MR) is 56.7 cm³/mol. The molecule has 0 saturated heterocycles. The zero-order valence-corrected chi connectivity index (χ0v) is 8.49. The Balaban J connectivity index is 2.00. The fraction of sp³-hybridized carbons (Fsp3) is 0.545. The van der Waals surface area contributed by atoms with Crippen LogP contribution in [-0.4, -0.2) is 18.1 Å². The first kappa shape index (κ1) is 9.31. The number of rotatable bonds is 3. The van der Waals surface area contributed by atoms with Gasteiger partial charge >= 0.3 is 0 Å². The minimum absolute atomic E-state index is 0.384. The lowest BCUT2D eigenvalue weighted by molar-refractivity contribution is 0.202. The Morgan fingerprint density at radius 3 is 2.86 bits per heavy atom. The molecule has 0 amide bonds. The van der Waals surface area contributed by atoms with Gasteiger partial charge in [-0.05, 0) is 31.7 Å². The van der Waals surface area contributed by atoms with Crippen LogP contribution in [0.25, 0.3) is 0 Å². The molecule has 1 saturated carbocycles. The molecule has 3 heteroatoms. The van der Waals surface area contributed by atoms with E-state index in [2.05, 4.69) is 10.3 Å². The summed E-state index contributed by atoms with van der Waals surface area (Å²) < 4.78 is 5.77. The molecule has 0 spiro atoms. The lowest BCUT2D eigenvalue weighted by atomic mass is 10.3. The Morgan fingerprint density at radius 1 is 1.36 bits per heavy atom. The number of aromatic nitrogens is 1. The number of ether oxygens (including phenoxy) is 1. The highest BCUT2D eigenvalue weighted by Gasteiger charge is 2.16. The van der Waals surface area contributed by atoms with Gasteiger partial charge in [0, 0.05) is 13.1 Å². The maximum absolute atomic E-state index is 5.77. The SMILES string of the molecule is CNc1cccc(OC2CCCC2)n1. The van der Waals surface area contributed by atoms with E-state index in [0.29, 0.717) is 6.10 Å². The molecule has 1 aliphatic carbocycles. The van der Waals surface area contributed by atoms with Crippen molar-refractivity contribution in [1.82, 2.24) is 4.98 Å². The first-order valence-electron chi connectivity index (χ1n) is 5.20. The van der Waals surface area contributed by atoms with E-state index in [4.69, 9.17) is 4.74 Å². The molecule has 14 heavy (non-hydrogen) atoms. The third kappa shape index (κ3) is 2.16. The average molecular weight is 192 g/mol. The normalized spacial score (nSPS) is 16.9. The Kier molecular flexibility index (Phi) is 2.87. The number of nitrogens with one attached hydrogen (secondary N) is 1. The molecular weight excluding hydrogens is 176 g/mol. The van der Waals surface area contributed by atoms with E-state index in [0.717, 1.165) is 11.7 Å². The van der Waals surface area contributed by atoms with Crippen LogP contribution in [0.5, 0.6) is 5.88 Å². The molecule has 0 radical (unpaired) electrons. The molecular formula is C11H16N2O. The number of pyridine rings is 1. The number of hydrogen-bond acceptors (Lipinski definition) is 3. The van der Waals surface area contributed by atoms with E-state index >= 15 is 0 Å². The molecule has 1 fully saturated rings. The lowest BCUT2D eigenvalue weighted by Gasteiger charge is -2.12. The van der Waals surface area contributed by atoms with Gasteiger partial charge in [0.1, 0.15) is 11.9 Å². The zero-order chi connectivity index (χ0) is 9.80. The second-order valence-electron chi connectivity index (χ2n) is 3.64. The van der Waals surface area contributed by atoms with Crippen LogP contribution in [0.1, 0.15) is 25.7 Å². The number of hydrogen-bond donors (Lipinski definition) is 1. The Bertz CT molecular complexity index is 295. The van der Waals surface area contributed by atoms with Crippen LogP contribution in [0.4, 0.5) is 5.82 Å². The van der Waals surface area contributed by atoms with Gasteiger partial charge in [0.15, 0.2) is 0 Å². The Labute approximate surface area is 84.5 Å². The molecule has 1 heterocycles. The maximum atomic E-state index is 5.77. The van der Waals surface area contributed by atoms with Gasteiger partial charge < -0.3 is 10.1 Å². The Morgan fingerprint density at radius 2 is 2.14 bits per heavy atom. The van der Waals surface area contributed by atoms with Crippen LogP contribution in [-0.2, 0) is 0 Å². The van der Waals surface area contributed by atoms with E-state index in [-0.39, 0.29) is 0 Å². The van der Waals surface area contributed by atoms with E-state index in [1.165, 1.54) is 25.7 Å². The number of nitrogens with zero attached hydrogens (tertiary/aromatic N) is 1. The molecule has 1 aliphatic rings. The van der Waals surface area contributed by atoms with Gasteiger partial charge in [0.25, 0.3) is 0 Å². The van der Waals surface area contributed by atoms with Crippen molar-refractivity contribution in [3.05, 3.63) is 18.2 Å². The van der Waals surface area contributed by atoms with Gasteiger partial charge in [-0.1, -0.05) is 6.07 Å². The lowest BCUT2D eigenvalue weighted by Crippen LogP contribution is -2.12. The van der Waals surface area contributed by atoms with Crippen LogP contribution >= 0.6 is 0 Å². The molecule has 1 aromatic rings. The summed E-state index contributed by atoms with van der Waals surface area (Å²) in [5.41, 5.74) is 0. The van der Waals surface area contributed by atoms with Gasteiger partial charge in [-0.25, -0.2) is 0 Å². The van der Waals surface area contributed by atoms with Crippen molar-refractivity contribution in [1.29, 1.82) is 0 Å². The second-order valence-corrected chi connectivity index (χ2v) is 3.64. The van der Waals surface area contributed by atoms with E-state index in [1.807, 2.05) is 25.2 Å². The highest BCUT2D eigenvalue weighted by atomic mass is 16.5. The minimum atomic E-state index is 0.384. The van der Waals surface area contributed by atoms with Crippen molar-refractivity contribution in [3.63, 3.8) is 0 Å². The molecule has 1 aromatic heterocycles. The predicted octanol–water partition coefficient (Wildman–Crippen LogP) is 2.44. The van der Waals surface area contributed by atoms with Gasteiger partial charge in [-0.3, -0.25) is 0 Å². The molecule has 0 aromatic carbocycles. The van der Waals surface area contributed by atoms with Crippen molar-refractivity contribution >= 4 is 5.82 Å². The molecule has 1 N–H and O–H groups in total.